The number of carbonyl (C=O) groups is 1. The number of benzene rings is 1. The van der Waals surface area contributed by atoms with Gasteiger partial charge in [-0.15, -0.1) is 11.7 Å². The van der Waals surface area contributed by atoms with Crippen LogP contribution in [0.1, 0.15) is 24.3 Å². The molecule has 0 aliphatic heterocycles. The molecule has 0 N–H and O–H groups in total. The van der Waals surface area contributed by atoms with Crippen molar-refractivity contribution in [3.63, 3.8) is 0 Å². The van der Waals surface area contributed by atoms with E-state index in [2.05, 4.69) is 16.8 Å². The third-order valence-electron chi connectivity index (χ3n) is 3.25. The molecule has 0 saturated heterocycles. The van der Waals surface area contributed by atoms with Crippen molar-refractivity contribution < 1.29 is 4.79 Å². The van der Waals surface area contributed by atoms with Gasteiger partial charge in [0.15, 0.2) is 5.69 Å². The molecule has 0 bridgehead atoms. The number of rotatable bonds is 6. The van der Waals surface area contributed by atoms with Crippen molar-refractivity contribution in [1.29, 1.82) is 0 Å². The molecule has 0 unspecified atom stereocenters. The number of aromatic nitrogens is 3. The monoisotopic (exact) mass is 284 g/mol. The summed E-state index contributed by atoms with van der Waals surface area (Å²) in [4.78, 5) is 15.9. The number of nitrogens with zero attached hydrogens (tertiary/aromatic N) is 4. The van der Waals surface area contributed by atoms with Crippen molar-refractivity contribution in [2.45, 2.75) is 20.4 Å². The van der Waals surface area contributed by atoms with Gasteiger partial charge in [0.2, 0.25) is 0 Å². The fourth-order valence-electron chi connectivity index (χ4n) is 2.14. The molecule has 0 aliphatic carbocycles. The maximum absolute atomic E-state index is 12.6. The van der Waals surface area contributed by atoms with Gasteiger partial charge in [0.25, 0.3) is 5.91 Å². The normalized spacial score (nSPS) is 10.4. The van der Waals surface area contributed by atoms with Crippen LogP contribution in [-0.4, -0.2) is 38.9 Å². The smallest absolute Gasteiger partial charge is 0.276 e. The molecular weight excluding hydrogens is 264 g/mol. The zero-order chi connectivity index (χ0) is 15.2. The number of carbonyl (C=O) groups excluding carboxylic acids is 1. The summed E-state index contributed by atoms with van der Waals surface area (Å²) in [5.41, 5.74) is 1.91. The zero-order valence-electron chi connectivity index (χ0n) is 12.5. The molecule has 1 heterocycles. The second-order valence-electron chi connectivity index (χ2n) is 4.58. The number of amides is 1. The molecule has 2 rings (SSSR count). The summed E-state index contributed by atoms with van der Waals surface area (Å²) in [6, 6.07) is 9.65. The van der Waals surface area contributed by atoms with E-state index in [-0.39, 0.29) is 5.91 Å². The van der Waals surface area contributed by atoms with Crippen LogP contribution < -0.4 is 0 Å². The Kier molecular flexibility index (Phi) is 4.87. The Bertz CT molecular complexity index is 614. The van der Waals surface area contributed by atoms with E-state index in [0.29, 0.717) is 31.0 Å². The largest absolute Gasteiger partial charge is 0.338 e. The Balaban J connectivity index is 2.48. The van der Waals surface area contributed by atoms with Crippen LogP contribution in [0, 0.1) is 0 Å². The van der Waals surface area contributed by atoms with Crippen LogP contribution in [0.15, 0.2) is 43.0 Å². The van der Waals surface area contributed by atoms with Crippen molar-refractivity contribution in [2.24, 2.45) is 0 Å². The fourth-order valence-corrected chi connectivity index (χ4v) is 2.14. The SMILES string of the molecule is C=CCn1nc(C(=O)N(CC)CC)c(-c2ccccc2)n1. The first kappa shape index (κ1) is 15.0. The Hall–Kier alpha value is -2.43. The lowest BCUT2D eigenvalue weighted by atomic mass is 10.1. The molecule has 0 aliphatic rings. The molecule has 0 radical (unpaired) electrons. The standard InChI is InChI=1S/C16H20N4O/c1-4-12-20-17-14(13-10-8-7-9-11-13)15(18-20)16(21)19(5-2)6-3/h4,7-11H,1,5-6,12H2,2-3H3. The van der Waals surface area contributed by atoms with Crippen LogP contribution in [0.3, 0.4) is 0 Å². The maximum Gasteiger partial charge on any atom is 0.276 e. The molecule has 0 atom stereocenters. The Labute approximate surface area is 124 Å². The summed E-state index contributed by atoms with van der Waals surface area (Å²) < 4.78 is 0. The highest BCUT2D eigenvalue weighted by atomic mass is 16.2. The van der Waals surface area contributed by atoms with Crippen LogP contribution >= 0.6 is 0 Å². The predicted octanol–water partition coefficient (Wildman–Crippen LogP) is 2.61. The molecule has 21 heavy (non-hydrogen) atoms. The lowest BCUT2D eigenvalue weighted by Gasteiger charge is -2.17. The predicted molar refractivity (Wildman–Crippen MR) is 82.9 cm³/mol. The summed E-state index contributed by atoms with van der Waals surface area (Å²) in [6.07, 6.45) is 1.71. The van der Waals surface area contributed by atoms with Crippen molar-refractivity contribution in [1.82, 2.24) is 19.9 Å². The minimum absolute atomic E-state index is 0.0887. The summed E-state index contributed by atoms with van der Waals surface area (Å²) in [6.45, 7) is 9.37. The van der Waals surface area contributed by atoms with Gasteiger partial charge in [0.05, 0.1) is 6.54 Å². The van der Waals surface area contributed by atoms with Crippen molar-refractivity contribution >= 4 is 5.91 Å². The van der Waals surface area contributed by atoms with E-state index in [9.17, 15) is 4.79 Å². The first-order valence-corrected chi connectivity index (χ1v) is 7.12. The van der Waals surface area contributed by atoms with E-state index in [1.807, 2.05) is 44.2 Å². The van der Waals surface area contributed by atoms with Crippen LogP contribution in [0.25, 0.3) is 11.3 Å². The fraction of sp³-hybridized carbons (Fsp3) is 0.312. The van der Waals surface area contributed by atoms with Gasteiger partial charge in [-0.2, -0.15) is 9.90 Å². The minimum atomic E-state index is -0.0887. The molecular formula is C16H20N4O. The lowest BCUT2D eigenvalue weighted by molar-refractivity contribution is 0.0767. The van der Waals surface area contributed by atoms with Crippen LogP contribution in [0.2, 0.25) is 0 Å². The third kappa shape index (κ3) is 3.18. The van der Waals surface area contributed by atoms with Gasteiger partial charge in [-0.3, -0.25) is 4.79 Å². The third-order valence-corrected chi connectivity index (χ3v) is 3.25. The second-order valence-corrected chi connectivity index (χ2v) is 4.58. The number of allylic oxidation sites excluding steroid dienone is 1. The first-order valence-electron chi connectivity index (χ1n) is 7.12. The van der Waals surface area contributed by atoms with E-state index >= 15 is 0 Å². The minimum Gasteiger partial charge on any atom is -0.338 e. The Morgan fingerprint density at radius 2 is 1.90 bits per heavy atom. The molecule has 0 fully saturated rings. The maximum atomic E-state index is 12.6. The average Bonchev–Trinajstić information content (AvgIpc) is 2.93. The molecule has 1 amide bonds. The molecule has 0 spiro atoms. The van der Waals surface area contributed by atoms with Crippen LogP contribution in [-0.2, 0) is 6.54 Å². The summed E-state index contributed by atoms with van der Waals surface area (Å²) in [5.74, 6) is -0.0887. The Morgan fingerprint density at radius 1 is 1.24 bits per heavy atom. The van der Waals surface area contributed by atoms with Gasteiger partial charge < -0.3 is 4.90 Å². The molecule has 110 valence electrons. The molecule has 5 nitrogen and oxygen atoms in total. The quantitative estimate of drug-likeness (QED) is 0.766. The van der Waals surface area contributed by atoms with Crippen LogP contribution in [0.4, 0.5) is 0 Å². The van der Waals surface area contributed by atoms with Crippen LogP contribution in [0.5, 0.6) is 0 Å². The summed E-state index contributed by atoms with van der Waals surface area (Å²) >= 11 is 0. The van der Waals surface area contributed by atoms with E-state index in [1.165, 1.54) is 4.80 Å². The highest BCUT2D eigenvalue weighted by Crippen LogP contribution is 2.21. The molecule has 1 aromatic carbocycles. The molecule has 2 aromatic rings. The lowest BCUT2D eigenvalue weighted by Crippen LogP contribution is -2.31. The Morgan fingerprint density at radius 3 is 2.48 bits per heavy atom. The van der Waals surface area contributed by atoms with Gasteiger partial charge in [-0.1, -0.05) is 36.4 Å². The topological polar surface area (TPSA) is 51.0 Å². The van der Waals surface area contributed by atoms with E-state index in [1.54, 1.807) is 11.0 Å². The van der Waals surface area contributed by atoms with Gasteiger partial charge in [0, 0.05) is 18.7 Å². The van der Waals surface area contributed by atoms with Gasteiger partial charge >= 0.3 is 0 Å². The zero-order valence-corrected chi connectivity index (χ0v) is 12.5. The van der Waals surface area contributed by atoms with E-state index in [0.717, 1.165) is 5.56 Å². The van der Waals surface area contributed by atoms with Crippen molar-refractivity contribution in [2.75, 3.05) is 13.1 Å². The summed E-state index contributed by atoms with van der Waals surface area (Å²) in [7, 11) is 0. The summed E-state index contributed by atoms with van der Waals surface area (Å²) in [5, 5.41) is 8.77. The number of hydrogen-bond acceptors (Lipinski definition) is 3. The highest BCUT2D eigenvalue weighted by Gasteiger charge is 2.23. The van der Waals surface area contributed by atoms with E-state index in [4.69, 9.17) is 0 Å². The second kappa shape index (κ2) is 6.83. The van der Waals surface area contributed by atoms with E-state index < -0.39 is 0 Å². The molecule has 5 heteroatoms. The highest BCUT2D eigenvalue weighted by molar-refractivity contribution is 5.97. The molecule has 1 aromatic heterocycles. The average molecular weight is 284 g/mol. The van der Waals surface area contributed by atoms with Gasteiger partial charge in [0.1, 0.15) is 5.69 Å². The van der Waals surface area contributed by atoms with Gasteiger partial charge in [-0.25, -0.2) is 0 Å². The van der Waals surface area contributed by atoms with Crippen molar-refractivity contribution in [3.8, 4) is 11.3 Å². The number of hydrogen-bond donors (Lipinski definition) is 0. The van der Waals surface area contributed by atoms with Gasteiger partial charge in [-0.05, 0) is 13.8 Å². The first-order chi connectivity index (χ1) is 10.2. The van der Waals surface area contributed by atoms with Crippen molar-refractivity contribution in [3.05, 3.63) is 48.7 Å². The molecule has 0 saturated carbocycles.